The molecule has 0 heterocycles. The van der Waals surface area contributed by atoms with Crippen molar-refractivity contribution in [2.24, 2.45) is 5.73 Å². The van der Waals surface area contributed by atoms with Gasteiger partial charge in [-0.25, -0.2) is 4.79 Å². The first-order chi connectivity index (χ1) is 2.73. The molecule has 3 nitrogen and oxygen atoms in total. The number of carboxylic acid groups (broad SMARTS) is 1. The zero-order valence-corrected chi connectivity index (χ0v) is 6.91. The van der Waals surface area contributed by atoms with Crippen LogP contribution in [0.1, 0.15) is 0 Å². The molecule has 44 valence electrons. The third kappa shape index (κ3) is 480. The molecule has 0 aromatic heterocycles. The first kappa shape index (κ1) is 15.6. The fourth-order valence-electron chi connectivity index (χ4n) is 0. The van der Waals surface area contributed by atoms with Crippen molar-refractivity contribution < 1.29 is 27.9 Å². The van der Waals surface area contributed by atoms with Crippen LogP contribution < -0.4 is 5.73 Å². The summed E-state index contributed by atoms with van der Waals surface area (Å²) in [5.41, 5.74) is 4.03. The van der Waals surface area contributed by atoms with Crippen LogP contribution in [0.15, 0.2) is 0 Å². The van der Waals surface area contributed by atoms with Gasteiger partial charge in [-0.1, -0.05) is 0 Å². The third-order valence-electron chi connectivity index (χ3n) is 0. The Balaban J connectivity index is -0.0000000480. The standard InChI is InChI=1S/CH3NO2.Mo.H2S.S/c2-1(3)4;;;/h2H2,(H,3,4);;1H2;/p-1. The van der Waals surface area contributed by atoms with E-state index in [4.69, 9.17) is 9.90 Å². The second-order valence-electron chi connectivity index (χ2n) is 0.338. The third-order valence-corrected chi connectivity index (χ3v) is 0. The normalized spacial score (nSPS) is 4.00. The molecular weight excluding hydrogens is 218 g/mol. The molecule has 0 aliphatic rings. The summed E-state index contributed by atoms with van der Waals surface area (Å²) in [5, 5.41) is 7.19. The molecule has 7 heavy (non-hydrogen) atoms. The van der Waals surface area contributed by atoms with Gasteiger partial charge >= 0.3 is 33.9 Å². The van der Waals surface area contributed by atoms with E-state index in [9.17, 15) is 0 Å². The number of carbonyl (C=O) groups is 1. The molecular formula is CH4MoNO2S2-. The first-order valence-corrected chi connectivity index (χ1v) is 3.67. The maximum atomic E-state index is 8.78. The number of nitrogens with two attached hydrogens (primary N) is 1. The van der Waals surface area contributed by atoms with Crippen LogP contribution in [0.4, 0.5) is 4.79 Å². The number of hydrogen-bond acceptors (Lipinski definition) is 3. The molecule has 0 radical (unpaired) electrons. The molecule has 0 atom stereocenters. The van der Waals surface area contributed by atoms with Gasteiger partial charge in [0.1, 0.15) is 0 Å². The van der Waals surface area contributed by atoms with E-state index >= 15 is 0 Å². The second kappa shape index (κ2) is 16.0. The number of hydrogen-bond donors (Lipinski definition) is 2. The monoisotopic (exact) mass is 224 g/mol. The van der Waals surface area contributed by atoms with Gasteiger partial charge in [-0.2, -0.15) is 0 Å². The summed E-state index contributed by atoms with van der Waals surface area (Å²) < 4.78 is 0. The quantitative estimate of drug-likeness (QED) is 0.344. The van der Waals surface area contributed by atoms with E-state index in [-0.39, 0.29) is 13.5 Å². The molecule has 0 rings (SSSR count). The van der Waals surface area contributed by atoms with E-state index in [1.165, 1.54) is 18.0 Å². The molecule has 0 spiro atoms. The SMILES string of the molecule is NC(=O)O.[SH-].[S]=[Mo]. The van der Waals surface area contributed by atoms with Crippen molar-refractivity contribution in [2.45, 2.75) is 0 Å². The van der Waals surface area contributed by atoms with Crippen LogP contribution in [0.5, 0.6) is 0 Å². The molecule has 6 heteroatoms. The topological polar surface area (TPSA) is 63.3 Å². The van der Waals surface area contributed by atoms with E-state index in [0.29, 0.717) is 0 Å². The Bertz CT molecular complexity index is 47.0. The molecule has 0 saturated carbocycles. The Kier molecular flexibility index (Phi) is 35.8. The van der Waals surface area contributed by atoms with Gasteiger partial charge in [-0.15, -0.1) is 0 Å². The molecule has 3 N–H and O–H groups in total. The Morgan fingerprint density at radius 2 is 1.71 bits per heavy atom. The van der Waals surface area contributed by atoms with Crippen molar-refractivity contribution in [3.8, 4) is 0 Å². The number of thiol groups is 1. The van der Waals surface area contributed by atoms with E-state index in [0.717, 1.165) is 0 Å². The molecule has 0 aromatic carbocycles. The van der Waals surface area contributed by atoms with Crippen LogP contribution in [0.2, 0.25) is 0 Å². The molecule has 0 aliphatic carbocycles. The van der Waals surface area contributed by atoms with Crippen LogP contribution in [-0.2, 0) is 31.5 Å². The maximum absolute atomic E-state index is 8.78. The Morgan fingerprint density at radius 3 is 1.71 bits per heavy atom. The summed E-state index contributed by atoms with van der Waals surface area (Å²) in [7, 11) is 4.09. The minimum absolute atomic E-state index is 0. The van der Waals surface area contributed by atoms with E-state index in [2.05, 4.69) is 15.6 Å². The van der Waals surface area contributed by atoms with Crippen LogP contribution in [0.3, 0.4) is 0 Å². The summed E-state index contributed by atoms with van der Waals surface area (Å²) in [6.07, 6.45) is -1.33. The Labute approximate surface area is 63.1 Å². The van der Waals surface area contributed by atoms with Gasteiger partial charge in [-0.3, -0.25) is 0 Å². The van der Waals surface area contributed by atoms with Crippen molar-refractivity contribution in [3.05, 3.63) is 0 Å². The summed E-state index contributed by atoms with van der Waals surface area (Å²) >= 11 is 1.53. The predicted octanol–water partition coefficient (Wildman–Crippen LogP) is -0.00130. The predicted molar refractivity (Wildman–Crippen MR) is 28.6 cm³/mol. The second-order valence-corrected chi connectivity index (χ2v) is 0.338. The number of primary amides is 1. The van der Waals surface area contributed by atoms with Crippen molar-refractivity contribution >= 4 is 29.4 Å². The van der Waals surface area contributed by atoms with Gasteiger partial charge in [0.05, 0.1) is 0 Å². The van der Waals surface area contributed by atoms with Crippen LogP contribution >= 0.6 is 9.82 Å². The fraction of sp³-hybridized carbons (Fsp3) is 0. The van der Waals surface area contributed by atoms with Crippen LogP contribution in [-0.4, -0.2) is 11.2 Å². The van der Waals surface area contributed by atoms with Gasteiger partial charge in [0.25, 0.3) is 0 Å². The molecule has 0 fully saturated rings. The van der Waals surface area contributed by atoms with Crippen molar-refractivity contribution in [2.75, 3.05) is 0 Å². The fourth-order valence-corrected chi connectivity index (χ4v) is 0. The zero-order valence-electron chi connectivity index (χ0n) is 3.20. The summed E-state index contributed by atoms with van der Waals surface area (Å²) in [6.45, 7) is 0. The van der Waals surface area contributed by atoms with Gasteiger partial charge in [-0.05, 0) is 0 Å². The van der Waals surface area contributed by atoms with Crippen molar-refractivity contribution in [3.63, 3.8) is 0 Å². The summed E-state index contributed by atoms with van der Waals surface area (Å²) in [4.78, 5) is 8.78. The van der Waals surface area contributed by atoms with Crippen LogP contribution in [0.25, 0.3) is 0 Å². The summed E-state index contributed by atoms with van der Waals surface area (Å²) in [5.74, 6) is 0. The minimum atomic E-state index is -1.33. The van der Waals surface area contributed by atoms with E-state index in [1.54, 1.807) is 0 Å². The van der Waals surface area contributed by atoms with E-state index in [1.807, 2.05) is 0 Å². The number of rotatable bonds is 0. The van der Waals surface area contributed by atoms with Crippen molar-refractivity contribution in [1.29, 1.82) is 0 Å². The molecule has 0 aromatic rings. The molecule has 1 amide bonds. The number of amides is 1. The van der Waals surface area contributed by atoms with Gasteiger partial charge < -0.3 is 24.3 Å². The zero-order chi connectivity index (χ0) is 5.58. The average molecular weight is 222 g/mol. The summed E-state index contributed by atoms with van der Waals surface area (Å²) in [6, 6.07) is 0. The van der Waals surface area contributed by atoms with Crippen LogP contribution in [0, 0.1) is 0 Å². The first-order valence-electron chi connectivity index (χ1n) is 0.883. The van der Waals surface area contributed by atoms with Gasteiger partial charge in [0.15, 0.2) is 0 Å². The molecule has 0 saturated heterocycles. The average Bonchev–Trinajstić information content (AvgIpc) is 1.41. The van der Waals surface area contributed by atoms with E-state index < -0.39 is 6.09 Å². The Hall–Kier alpha value is 0.528. The Morgan fingerprint density at radius 1 is 1.71 bits per heavy atom. The van der Waals surface area contributed by atoms with Gasteiger partial charge in [0.2, 0.25) is 0 Å². The molecule has 0 bridgehead atoms. The molecule has 0 unspecified atom stereocenters. The molecule has 0 aliphatic heterocycles. The van der Waals surface area contributed by atoms with Gasteiger partial charge in [0, 0.05) is 0 Å². The van der Waals surface area contributed by atoms with Crippen molar-refractivity contribution in [1.82, 2.24) is 0 Å².